The van der Waals surface area contributed by atoms with Crippen molar-refractivity contribution in [2.45, 2.75) is 92.2 Å². The maximum absolute atomic E-state index is 12.5. The van der Waals surface area contributed by atoms with Gasteiger partial charge in [0, 0.05) is 65.6 Å². The second-order valence-corrected chi connectivity index (χ2v) is 12.5. The molecule has 0 aliphatic carbocycles. The smallest absolute Gasteiger partial charge is 0.271 e. The number of nitro groups is 2. The minimum Gasteiger partial charge on any atom is -0.493 e. The van der Waals surface area contributed by atoms with Crippen molar-refractivity contribution in [1.29, 1.82) is 10.5 Å². The van der Waals surface area contributed by atoms with Crippen molar-refractivity contribution < 1.29 is 48.1 Å². The van der Waals surface area contributed by atoms with Crippen molar-refractivity contribution in [3.8, 4) is 23.9 Å². The summed E-state index contributed by atoms with van der Waals surface area (Å²) in [5.41, 5.74) is -0.234. The van der Waals surface area contributed by atoms with Crippen LogP contribution in [-0.2, 0) is 30.2 Å². The van der Waals surface area contributed by atoms with Gasteiger partial charge in [-0.15, -0.1) is 10.2 Å². The Hall–Kier alpha value is -6.64. The second kappa shape index (κ2) is 25.6. The molecule has 0 atom stereocenters. The Morgan fingerprint density at radius 3 is 1.20 bits per heavy atom. The molecule has 0 aliphatic rings. The Morgan fingerprint density at radius 1 is 0.610 bits per heavy atom. The van der Waals surface area contributed by atoms with Crippen LogP contribution in [0.4, 0.5) is 34.1 Å². The van der Waals surface area contributed by atoms with Gasteiger partial charge in [-0.1, -0.05) is 52.4 Å². The number of hydrogen-bond acceptors (Lipinski definition) is 14. The van der Waals surface area contributed by atoms with E-state index in [0.717, 1.165) is 47.7 Å². The predicted octanol–water partition coefficient (Wildman–Crippen LogP) is 7.62. The van der Waals surface area contributed by atoms with E-state index in [9.17, 15) is 50.6 Å². The number of nitrogens with zero attached hydrogens (tertiary/aromatic N) is 10. The average molecular weight is 866 g/mol. The van der Waals surface area contributed by atoms with E-state index in [4.69, 9.17) is 0 Å². The molecule has 2 aromatic carbocycles. The first-order valence-corrected chi connectivity index (χ1v) is 17.9. The normalized spacial score (nSPS) is 10.3. The van der Waals surface area contributed by atoms with Gasteiger partial charge in [0.2, 0.25) is 11.8 Å². The van der Waals surface area contributed by atoms with Gasteiger partial charge in [0.05, 0.1) is 21.2 Å². The summed E-state index contributed by atoms with van der Waals surface area (Å²) in [5.74, 6) is -0.688. The van der Waals surface area contributed by atoms with Gasteiger partial charge in [0.25, 0.3) is 22.5 Å². The number of non-ortho nitro benzene ring substituents is 2. The fraction of sp³-hybridized carbons (Fsp3) is 0.368. The number of benzene rings is 2. The van der Waals surface area contributed by atoms with Crippen LogP contribution in [-0.4, -0.2) is 40.1 Å². The van der Waals surface area contributed by atoms with Crippen molar-refractivity contribution in [3.05, 3.63) is 112 Å². The Kier molecular flexibility index (Phi) is 22.7. The summed E-state index contributed by atoms with van der Waals surface area (Å²) >= 11 is 0. The number of unbranched alkanes of at least 4 members (excludes halogenated alkanes) is 6. The Bertz CT molecular complexity index is 2150. The molecule has 2 aromatic heterocycles. The van der Waals surface area contributed by atoms with Crippen LogP contribution in [0.1, 0.15) is 87.5 Å². The molecule has 0 amide bonds. The summed E-state index contributed by atoms with van der Waals surface area (Å²) in [5, 5.41) is 77.1. The average Bonchev–Trinajstić information content (AvgIpc) is 3.18. The maximum Gasteiger partial charge on any atom is 0.271 e. The SMILES string of the molecule is CCCCCCn1c(O)c(N=Nc2ccc([N+](=O)[O-])cc2)c(C)c(C#N)c1=O.CCCCCCn1c(O)c(N=Nc2ccc([N+](=O)[O-])cc2)c(C)c(C#N)c1=O.O.O.[Cu]. The van der Waals surface area contributed by atoms with Gasteiger partial charge in [0.15, 0.2) is 11.4 Å². The van der Waals surface area contributed by atoms with E-state index in [2.05, 4.69) is 34.3 Å². The molecule has 1 radical (unpaired) electrons. The number of nitro benzene ring substituents is 2. The molecule has 0 spiro atoms. The fourth-order valence-electron chi connectivity index (χ4n) is 5.42. The first-order valence-electron chi connectivity index (χ1n) is 17.9. The van der Waals surface area contributed by atoms with Crippen LogP contribution in [0.2, 0.25) is 0 Å². The number of hydrogen-bond donors (Lipinski definition) is 2. The number of rotatable bonds is 16. The molecule has 2 heterocycles. The summed E-state index contributed by atoms with van der Waals surface area (Å²) in [6, 6.07) is 14.6. The van der Waals surface area contributed by atoms with Gasteiger partial charge in [-0.3, -0.25) is 39.0 Å². The molecule has 21 heteroatoms. The zero-order valence-electron chi connectivity index (χ0n) is 32.8. The first-order chi connectivity index (χ1) is 26.8. The van der Waals surface area contributed by atoms with Gasteiger partial charge in [0.1, 0.15) is 23.3 Å². The maximum atomic E-state index is 12.5. The van der Waals surface area contributed by atoms with E-state index in [1.54, 1.807) is 0 Å². The molecule has 20 nitrogen and oxygen atoms in total. The molecule has 0 bridgehead atoms. The third kappa shape index (κ3) is 13.8. The molecule has 0 fully saturated rings. The number of azo groups is 2. The molecule has 4 aromatic rings. The van der Waals surface area contributed by atoms with Gasteiger partial charge in [-0.25, -0.2) is 0 Å². The Morgan fingerprint density at radius 2 is 0.932 bits per heavy atom. The van der Waals surface area contributed by atoms with Gasteiger partial charge in [-0.2, -0.15) is 20.8 Å². The van der Waals surface area contributed by atoms with Crippen molar-refractivity contribution in [1.82, 2.24) is 9.13 Å². The van der Waals surface area contributed by atoms with Crippen LogP contribution < -0.4 is 11.1 Å². The molecule has 59 heavy (non-hydrogen) atoms. The van der Waals surface area contributed by atoms with Crippen LogP contribution in [0, 0.1) is 56.7 Å². The first kappa shape index (κ1) is 52.4. The van der Waals surface area contributed by atoms with E-state index in [-0.39, 0.29) is 97.9 Å². The van der Waals surface area contributed by atoms with Crippen LogP contribution in [0.3, 0.4) is 0 Å². The summed E-state index contributed by atoms with van der Waals surface area (Å²) in [6.45, 7) is 7.73. The predicted molar refractivity (Wildman–Crippen MR) is 214 cm³/mol. The molecule has 0 saturated carbocycles. The van der Waals surface area contributed by atoms with E-state index in [0.29, 0.717) is 24.2 Å². The van der Waals surface area contributed by atoms with Crippen LogP contribution >= 0.6 is 0 Å². The van der Waals surface area contributed by atoms with Crippen molar-refractivity contribution in [3.63, 3.8) is 0 Å². The van der Waals surface area contributed by atoms with Crippen molar-refractivity contribution in [2.24, 2.45) is 20.5 Å². The van der Waals surface area contributed by atoms with Crippen LogP contribution in [0.25, 0.3) is 0 Å². The summed E-state index contributed by atoms with van der Waals surface area (Å²) in [4.78, 5) is 45.3. The number of aromatic hydroxyl groups is 2. The minimum atomic E-state index is -0.553. The molecule has 0 aliphatic heterocycles. The third-order valence-corrected chi connectivity index (χ3v) is 8.66. The quantitative estimate of drug-likeness (QED) is 0.0364. The van der Waals surface area contributed by atoms with Crippen molar-refractivity contribution in [2.75, 3.05) is 0 Å². The third-order valence-electron chi connectivity index (χ3n) is 8.66. The number of nitriles is 2. The molecule has 0 unspecified atom stereocenters. The molecule has 319 valence electrons. The summed E-state index contributed by atoms with van der Waals surface area (Å²) in [6.07, 6.45) is 7.27. The molecule has 6 N–H and O–H groups in total. The number of pyridine rings is 2. The summed E-state index contributed by atoms with van der Waals surface area (Å²) in [7, 11) is 0. The molecule has 4 rings (SSSR count). The Balaban J connectivity index is 0.00000109. The van der Waals surface area contributed by atoms with Gasteiger partial charge in [-0.05, 0) is 51.0 Å². The molecular weight excluding hydrogens is 820 g/mol. The zero-order valence-corrected chi connectivity index (χ0v) is 33.7. The van der Waals surface area contributed by atoms with Gasteiger partial charge >= 0.3 is 0 Å². The monoisotopic (exact) mass is 865 g/mol. The topological polar surface area (TPSA) is 331 Å². The fourth-order valence-corrected chi connectivity index (χ4v) is 5.42. The second-order valence-electron chi connectivity index (χ2n) is 12.5. The van der Waals surface area contributed by atoms with Crippen LogP contribution in [0.15, 0.2) is 78.6 Å². The van der Waals surface area contributed by atoms with E-state index >= 15 is 0 Å². The Labute approximate surface area is 349 Å². The molecular formula is C38H46CuN10O10. The van der Waals surface area contributed by atoms with E-state index in [1.165, 1.54) is 62.4 Å². The number of aromatic nitrogens is 2. The standard InChI is InChI=1S/2C19H21N5O4.Cu.2H2O/c2*1-3-4-5-6-11-23-18(25)16(12-20)13(2)17(19(23)26)22-21-14-7-9-15(10-8-14)24(27)28;;;/h2*7-10,26H,3-6,11H2,1-2H3;;2*1H2. The largest absolute Gasteiger partial charge is 0.493 e. The molecule has 0 saturated heterocycles. The zero-order chi connectivity index (χ0) is 41.4. The van der Waals surface area contributed by atoms with E-state index in [1.807, 2.05) is 12.1 Å². The van der Waals surface area contributed by atoms with Crippen molar-refractivity contribution >= 4 is 34.1 Å². The van der Waals surface area contributed by atoms with E-state index < -0.39 is 21.0 Å². The van der Waals surface area contributed by atoms with Crippen LogP contribution in [0.5, 0.6) is 11.8 Å². The minimum absolute atomic E-state index is 0. The van der Waals surface area contributed by atoms with Gasteiger partial charge < -0.3 is 21.2 Å². The summed E-state index contributed by atoms with van der Waals surface area (Å²) < 4.78 is 2.29.